The van der Waals surface area contributed by atoms with Crippen LogP contribution in [0.1, 0.15) is 37.7 Å². The molecular formula is C15H20Cl2O3. The van der Waals surface area contributed by atoms with Gasteiger partial charge in [0.25, 0.3) is 0 Å². The highest BCUT2D eigenvalue weighted by molar-refractivity contribution is 6.35. The zero-order valence-electron chi connectivity index (χ0n) is 11.3. The van der Waals surface area contributed by atoms with Crippen LogP contribution in [0.2, 0.25) is 10.0 Å². The molecule has 0 amide bonds. The molecule has 112 valence electrons. The largest absolute Gasteiger partial charge is 0.394 e. The fourth-order valence-electron chi connectivity index (χ4n) is 2.63. The van der Waals surface area contributed by atoms with E-state index in [9.17, 15) is 10.2 Å². The van der Waals surface area contributed by atoms with Crippen LogP contribution < -0.4 is 0 Å². The zero-order valence-corrected chi connectivity index (χ0v) is 12.8. The standard InChI is InChI=1S/C15H20Cl2O3/c16-13-5-4-6-14(17)12(13)9-11(10-18)20-15(19)7-2-1-3-8-15/h4-6,11,18-19H,1-3,7-10H2. The second kappa shape index (κ2) is 7.10. The van der Waals surface area contributed by atoms with E-state index in [1.54, 1.807) is 18.2 Å². The molecule has 0 aliphatic heterocycles. The van der Waals surface area contributed by atoms with Gasteiger partial charge in [0.2, 0.25) is 0 Å². The van der Waals surface area contributed by atoms with E-state index in [2.05, 4.69) is 0 Å². The van der Waals surface area contributed by atoms with Gasteiger partial charge in [-0.25, -0.2) is 0 Å². The third-order valence-corrected chi connectivity index (χ3v) is 4.43. The Bertz CT molecular complexity index is 424. The molecule has 1 fully saturated rings. The number of ether oxygens (including phenoxy) is 1. The van der Waals surface area contributed by atoms with Crippen LogP contribution in [-0.4, -0.2) is 28.7 Å². The monoisotopic (exact) mass is 318 g/mol. The average molecular weight is 319 g/mol. The molecule has 2 N–H and O–H groups in total. The Morgan fingerprint density at radius 3 is 2.30 bits per heavy atom. The Labute approximate surface area is 129 Å². The molecule has 5 heteroatoms. The van der Waals surface area contributed by atoms with E-state index < -0.39 is 11.9 Å². The summed E-state index contributed by atoms with van der Waals surface area (Å²) < 4.78 is 5.73. The van der Waals surface area contributed by atoms with Crippen molar-refractivity contribution in [1.82, 2.24) is 0 Å². The van der Waals surface area contributed by atoms with E-state index in [-0.39, 0.29) is 6.61 Å². The minimum Gasteiger partial charge on any atom is -0.394 e. The first-order chi connectivity index (χ1) is 9.54. The smallest absolute Gasteiger partial charge is 0.165 e. The van der Waals surface area contributed by atoms with Crippen molar-refractivity contribution in [3.05, 3.63) is 33.8 Å². The van der Waals surface area contributed by atoms with E-state index in [4.69, 9.17) is 27.9 Å². The van der Waals surface area contributed by atoms with Crippen LogP contribution in [0.3, 0.4) is 0 Å². The maximum absolute atomic E-state index is 10.4. The third kappa shape index (κ3) is 4.09. The molecule has 2 rings (SSSR count). The predicted octanol–water partition coefficient (Wildman–Crippen LogP) is 3.57. The van der Waals surface area contributed by atoms with Gasteiger partial charge in [-0.1, -0.05) is 35.7 Å². The second-order valence-electron chi connectivity index (χ2n) is 5.33. The van der Waals surface area contributed by atoms with Crippen LogP contribution in [0.15, 0.2) is 18.2 Å². The highest BCUT2D eigenvalue weighted by Gasteiger charge is 2.33. The van der Waals surface area contributed by atoms with Crippen LogP contribution >= 0.6 is 23.2 Å². The molecule has 1 atom stereocenters. The normalized spacial score (nSPS) is 19.8. The Balaban J connectivity index is 2.05. The van der Waals surface area contributed by atoms with Crippen molar-refractivity contribution < 1.29 is 14.9 Å². The summed E-state index contributed by atoms with van der Waals surface area (Å²) in [7, 11) is 0. The number of aliphatic hydroxyl groups excluding tert-OH is 1. The number of hydrogen-bond acceptors (Lipinski definition) is 3. The SMILES string of the molecule is OCC(Cc1c(Cl)cccc1Cl)OC1(O)CCCCC1. The van der Waals surface area contributed by atoms with Crippen LogP contribution in [0.25, 0.3) is 0 Å². The van der Waals surface area contributed by atoms with Crippen molar-refractivity contribution in [2.75, 3.05) is 6.61 Å². The lowest BCUT2D eigenvalue weighted by Gasteiger charge is -2.35. The summed E-state index contributed by atoms with van der Waals surface area (Å²) in [6.45, 7) is -0.177. The summed E-state index contributed by atoms with van der Waals surface area (Å²) in [6, 6.07) is 5.29. The quantitative estimate of drug-likeness (QED) is 0.816. The number of hydrogen-bond donors (Lipinski definition) is 2. The molecule has 1 aliphatic rings. The highest BCUT2D eigenvalue weighted by Crippen LogP contribution is 2.32. The minimum atomic E-state index is -1.13. The molecule has 20 heavy (non-hydrogen) atoms. The number of rotatable bonds is 5. The maximum atomic E-state index is 10.4. The van der Waals surface area contributed by atoms with Crippen molar-refractivity contribution in [2.24, 2.45) is 0 Å². The first-order valence-corrected chi connectivity index (χ1v) is 7.73. The van der Waals surface area contributed by atoms with Gasteiger partial charge in [-0.05, 0) is 30.5 Å². The fraction of sp³-hybridized carbons (Fsp3) is 0.600. The van der Waals surface area contributed by atoms with Gasteiger partial charge in [0.1, 0.15) is 0 Å². The zero-order chi connectivity index (χ0) is 14.6. The van der Waals surface area contributed by atoms with Crippen LogP contribution in [0.4, 0.5) is 0 Å². The third-order valence-electron chi connectivity index (χ3n) is 3.72. The molecule has 1 aromatic rings. The molecule has 3 nitrogen and oxygen atoms in total. The highest BCUT2D eigenvalue weighted by atomic mass is 35.5. The van der Waals surface area contributed by atoms with Crippen molar-refractivity contribution in [1.29, 1.82) is 0 Å². The van der Waals surface area contributed by atoms with Gasteiger partial charge in [0.05, 0.1) is 12.7 Å². The molecule has 1 aromatic carbocycles. The van der Waals surface area contributed by atoms with Gasteiger partial charge in [-0.15, -0.1) is 0 Å². The molecular weight excluding hydrogens is 299 g/mol. The van der Waals surface area contributed by atoms with Crippen molar-refractivity contribution in [3.63, 3.8) is 0 Å². The number of benzene rings is 1. The molecule has 0 bridgehead atoms. The Morgan fingerprint density at radius 2 is 1.75 bits per heavy atom. The summed E-state index contributed by atoms with van der Waals surface area (Å²) >= 11 is 12.2. The van der Waals surface area contributed by atoms with Crippen LogP contribution in [-0.2, 0) is 11.2 Å². The lowest BCUT2D eigenvalue weighted by atomic mass is 9.94. The van der Waals surface area contributed by atoms with E-state index in [1.807, 2.05) is 0 Å². The average Bonchev–Trinajstić information content (AvgIpc) is 2.42. The number of halogens is 2. The fourth-order valence-corrected chi connectivity index (χ4v) is 3.18. The van der Waals surface area contributed by atoms with Gasteiger partial charge in [-0.2, -0.15) is 0 Å². The van der Waals surface area contributed by atoms with Crippen molar-refractivity contribution in [3.8, 4) is 0 Å². The first kappa shape index (κ1) is 16.1. The Morgan fingerprint density at radius 1 is 1.15 bits per heavy atom. The first-order valence-electron chi connectivity index (χ1n) is 6.98. The number of aliphatic hydroxyl groups is 2. The molecule has 0 radical (unpaired) electrons. The second-order valence-corrected chi connectivity index (χ2v) is 6.15. The Kier molecular flexibility index (Phi) is 5.70. The summed E-state index contributed by atoms with van der Waals surface area (Å²) in [6.07, 6.45) is 4.11. The van der Waals surface area contributed by atoms with E-state index >= 15 is 0 Å². The molecule has 0 saturated heterocycles. The lowest BCUT2D eigenvalue weighted by molar-refractivity contribution is -0.249. The van der Waals surface area contributed by atoms with Gasteiger partial charge >= 0.3 is 0 Å². The molecule has 1 unspecified atom stereocenters. The van der Waals surface area contributed by atoms with Crippen molar-refractivity contribution >= 4 is 23.2 Å². The van der Waals surface area contributed by atoms with E-state index in [1.165, 1.54) is 0 Å². The summed E-state index contributed by atoms with van der Waals surface area (Å²) in [4.78, 5) is 0. The van der Waals surface area contributed by atoms with E-state index in [0.717, 1.165) is 24.8 Å². The molecule has 0 aromatic heterocycles. The van der Waals surface area contributed by atoms with Gasteiger partial charge in [0, 0.05) is 29.3 Å². The lowest BCUT2D eigenvalue weighted by Crippen LogP contribution is -2.40. The summed E-state index contributed by atoms with van der Waals surface area (Å²) in [5, 5.41) is 21.0. The van der Waals surface area contributed by atoms with Crippen LogP contribution in [0, 0.1) is 0 Å². The topological polar surface area (TPSA) is 49.7 Å². The summed E-state index contributed by atoms with van der Waals surface area (Å²) in [5.41, 5.74) is 0.745. The minimum absolute atomic E-state index is 0.177. The van der Waals surface area contributed by atoms with Gasteiger partial charge in [0.15, 0.2) is 5.79 Å². The maximum Gasteiger partial charge on any atom is 0.165 e. The summed E-state index contributed by atoms with van der Waals surface area (Å²) in [5.74, 6) is -1.13. The molecule has 0 heterocycles. The van der Waals surface area contributed by atoms with E-state index in [0.29, 0.717) is 29.3 Å². The van der Waals surface area contributed by atoms with Crippen LogP contribution in [0.5, 0.6) is 0 Å². The predicted molar refractivity (Wildman–Crippen MR) is 80.2 cm³/mol. The molecule has 1 saturated carbocycles. The van der Waals surface area contributed by atoms with Gasteiger partial charge < -0.3 is 14.9 Å². The van der Waals surface area contributed by atoms with Crippen molar-refractivity contribution in [2.45, 2.75) is 50.4 Å². The molecule has 1 aliphatic carbocycles. The Hall–Kier alpha value is -0.320. The van der Waals surface area contributed by atoms with Gasteiger partial charge in [-0.3, -0.25) is 0 Å². The molecule has 0 spiro atoms.